The number of methoxy groups -OCH3 is 1. The van der Waals surface area contributed by atoms with Crippen LogP contribution in [0, 0.1) is 0 Å². The Kier molecular flexibility index (Phi) is 7.05. The van der Waals surface area contributed by atoms with E-state index in [0.29, 0.717) is 47.0 Å². The quantitative estimate of drug-likeness (QED) is 0.501. The summed E-state index contributed by atoms with van der Waals surface area (Å²) in [5.74, 6) is 1.25. The summed E-state index contributed by atoms with van der Waals surface area (Å²) in [6.45, 7) is 2.27. The van der Waals surface area contributed by atoms with Crippen molar-refractivity contribution in [2.24, 2.45) is 5.73 Å². The van der Waals surface area contributed by atoms with Crippen LogP contribution in [0.25, 0.3) is 0 Å². The highest BCUT2D eigenvalue weighted by Gasteiger charge is 2.14. The summed E-state index contributed by atoms with van der Waals surface area (Å²) in [5.41, 5.74) is 7.81. The van der Waals surface area contributed by atoms with Gasteiger partial charge in [-0.3, -0.25) is 4.79 Å². The molecule has 8 nitrogen and oxygen atoms in total. The summed E-state index contributed by atoms with van der Waals surface area (Å²) in [5, 5.41) is 6.69. The van der Waals surface area contributed by atoms with Gasteiger partial charge in [-0.1, -0.05) is 29.8 Å². The first-order valence-corrected chi connectivity index (χ1v) is 9.67. The zero-order chi connectivity index (χ0) is 21.5. The van der Waals surface area contributed by atoms with E-state index in [-0.39, 0.29) is 5.91 Å². The molecule has 0 atom stereocenters. The van der Waals surface area contributed by atoms with Gasteiger partial charge in [0.15, 0.2) is 5.82 Å². The first-order chi connectivity index (χ1) is 14.5. The Hall–Kier alpha value is -3.36. The molecule has 0 aliphatic heterocycles. The number of benzene rings is 2. The second-order valence-electron chi connectivity index (χ2n) is 6.35. The van der Waals surface area contributed by atoms with E-state index >= 15 is 0 Å². The maximum absolute atomic E-state index is 11.9. The molecule has 0 saturated heterocycles. The van der Waals surface area contributed by atoms with E-state index in [9.17, 15) is 4.79 Å². The number of nitrogens with two attached hydrogens (primary N) is 1. The lowest BCUT2D eigenvalue weighted by molar-refractivity contribution is -0.116. The van der Waals surface area contributed by atoms with Crippen LogP contribution in [0.5, 0.6) is 5.75 Å². The van der Waals surface area contributed by atoms with E-state index in [2.05, 4.69) is 20.6 Å². The molecule has 1 amide bonds. The van der Waals surface area contributed by atoms with Gasteiger partial charge in [0.1, 0.15) is 10.8 Å². The Morgan fingerprint density at radius 1 is 1.20 bits per heavy atom. The second-order valence-corrected chi connectivity index (χ2v) is 6.76. The number of hydrogen-bond acceptors (Lipinski definition) is 7. The van der Waals surface area contributed by atoms with E-state index in [4.69, 9.17) is 22.1 Å². The van der Waals surface area contributed by atoms with Crippen LogP contribution in [0.2, 0.25) is 5.02 Å². The molecule has 0 bridgehead atoms. The predicted molar refractivity (Wildman–Crippen MR) is 120 cm³/mol. The van der Waals surface area contributed by atoms with Gasteiger partial charge >= 0.3 is 0 Å². The van der Waals surface area contributed by atoms with Gasteiger partial charge in [-0.25, -0.2) is 4.98 Å². The van der Waals surface area contributed by atoms with Gasteiger partial charge < -0.3 is 26.0 Å². The van der Waals surface area contributed by atoms with Gasteiger partial charge in [0.25, 0.3) is 0 Å². The van der Waals surface area contributed by atoms with Gasteiger partial charge in [-0.15, -0.1) is 0 Å². The summed E-state index contributed by atoms with van der Waals surface area (Å²) >= 11 is 6.23. The SMILES string of the molecule is COc1cc(N(CCN)C(C)=O)ccc1Nc1ncc(Cl)c(Nc2ccccc2)n1. The number of hydrogen-bond donors (Lipinski definition) is 3. The molecular weight excluding hydrogens is 404 g/mol. The summed E-state index contributed by atoms with van der Waals surface area (Å²) in [4.78, 5) is 22.2. The number of ether oxygens (including phenoxy) is 1. The minimum absolute atomic E-state index is 0.0964. The molecule has 4 N–H and O–H groups in total. The van der Waals surface area contributed by atoms with Crippen molar-refractivity contribution in [2.75, 3.05) is 35.7 Å². The lowest BCUT2D eigenvalue weighted by atomic mass is 10.2. The van der Waals surface area contributed by atoms with Crippen molar-refractivity contribution < 1.29 is 9.53 Å². The lowest BCUT2D eigenvalue weighted by Gasteiger charge is -2.22. The Bertz CT molecular complexity index is 1020. The first kappa shape index (κ1) is 21.4. The third-order valence-electron chi connectivity index (χ3n) is 4.26. The number of anilines is 5. The van der Waals surface area contributed by atoms with Crippen LogP contribution in [-0.2, 0) is 4.79 Å². The number of carbonyl (C=O) groups excluding carboxylic acids is 1. The molecule has 0 saturated carbocycles. The van der Waals surface area contributed by atoms with Crippen LogP contribution in [0.15, 0.2) is 54.7 Å². The van der Waals surface area contributed by atoms with Crippen molar-refractivity contribution in [1.29, 1.82) is 0 Å². The number of amides is 1. The monoisotopic (exact) mass is 426 g/mol. The van der Waals surface area contributed by atoms with E-state index in [1.165, 1.54) is 13.1 Å². The van der Waals surface area contributed by atoms with Crippen molar-refractivity contribution in [2.45, 2.75) is 6.92 Å². The summed E-state index contributed by atoms with van der Waals surface area (Å²) in [6, 6.07) is 14.9. The van der Waals surface area contributed by atoms with Crippen LogP contribution in [0.3, 0.4) is 0 Å². The molecule has 156 valence electrons. The van der Waals surface area contributed by atoms with Crippen LogP contribution in [0.1, 0.15) is 6.92 Å². The van der Waals surface area contributed by atoms with Crippen molar-refractivity contribution in [3.63, 3.8) is 0 Å². The molecule has 2 aromatic carbocycles. The normalized spacial score (nSPS) is 10.4. The average Bonchev–Trinajstić information content (AvgIpc) is 2.75. The number of aromatic nitrogens is 2. The third-order valence-corrected chi connectivity index (χ3v) is 4.53. The van der Waals surface area contributed by atoms with Gasteiger partial charge in [0.05, 0.1) is 19.0 Å². The third kappa shape index (κ3) is 5.16. The van der Waals surface area contributed by atoms with Gasteiger partial charge in [-0.05, 0) is 24.3 Å². The smallest absolute Gasteiger partial charge is 0.229 e. The summed E-state index contributed by atoms with van der Waals surface area (Å²) in [7, 11) is 1.55. The molecule has 0 aliphatic rings. The average molecular weight is 427 g/mol. The highest BCUT2D eigenvalue weighted by Crippen LogP contribution is 2.32. The van der Waals surface area contributed by atoms with Crippen LogP contribution >= 0.6 is 11.6 Å². The van der Waals surface area contributed by atoms with Crippen molar-refractivity contribution >= 4 is 46.3 Å². The van der Waals surface area contributed by atoms with Crippen molar-refractivity contribution in [3.8, 4) is 5.75 Å². The fourth-order valence-corrected chi connectivity index (χ4v) is 2.98. The fraction of sp³-hybridized carbons (Fsp3) is 0.190. The van der Waals surface area contributed by atoms with Crippen molar-refractivity contribution in [1.82, 2.24) is 9.97 Å². The minimum atomic E-state index is -0.0964. The molecule has 0 unspecified atom stereocenters. The highest BCUT2D eigenvalue weighted by atomic mass is 35.5. The molecular formula is C21H23ClN6O2. The Morgan fingerprint density at radius 2 is 1.97 bits per heavy atom. The second kappa shape index (κ2) is 9.91. The van der Waals surface area contributed by atoms with Crippen molar-refractivity contribution in [3.05, 3.63) is 59.8 Å². The fourth-order valence-electron chi connectivity index (χ4n) is 2.84. The molecule has 0 fully saturated rings. The molecule has 1 heterocycles. The Balaban J connectivity index is 1.85. The number of nitrogens with zero attached hydrogens (tertiary/aromatic N) is 3. The van der Waals surface area contributed by atoms with Crippen LogP contribution < -0.4 is 26.0 Å². The molecule has 0 spiro atoms. The molecule has 1 aromatic heterocycles. The summed E-state index contributed by atoms with van der Waals surface area (Å²) in [6.07, 6.45) is 1.52. The van der Waals surface area contributed by atoms with Crippen LogP contribution in [0.4, 0.5) is 28.8 Å². The molecule has 30 heavy (non-hydrogen) atoms. The maximum atomic E-state index is 11.9. The van der Waals surface area contributed by atoms with Gasteiger partial charge in [0.2, 0.25) is 11.9 Å². The number of halogens is 1. The minimum Gasteiger partial charge on any atom is -0.494 e. The van der Waals surface area contributed by atoms with E-state index in [1.54, 1.807) is 30.2 Å². The standard InChI is InChI=1S/C21H23ClN6O2/c1-14(29)28(11-10-23)16-8-9-18(19(12-16)30-2)26-21-24-13-17(22)20(27-21)25-15-6-4-3-5-7-15/h3-9,12-13H,10-11,23H2,1-2H3,(H2,24,25,26,27). The number of carbonyl (C=O) groups is 1. The van der Waals surface area contributed by atoms with Gasteiger partial charge in [-0.2, -0.15) is 4.98 Å². The molecule has 9 heteroatoms. The molecule has 3 rings (SSSR count). The lowest BCUT2D eigenvalue weighted by Crippen LogP contribution is -2.33. The van der Waals surface area contributed by atoms with Gasteiger partial charge in [0, 0.05) is 37.5 Å². The predicted octanol–water partition coefficient (Wildman–Crippen LogP) is 3.94. The topological polar surface area (TPSA) is 105 Å². The first-order valence-electron chi connectivity index (χ1n) is 9.29. The highest BCUT2D eigenvalue weighted by molar-refractivity contribution is 6.32. The molecule has 0 aliphatic carbocycles. The zero-order valence-corrected chi connectivity index (χ0v) is 17.5. The van der Waals surface area contributed by atoms with E-state index in [1.807, 2.05) is 30.3 Å². The number of nitrogens with one attached hydrogen (secondary N) is 2. The van der Waals surface area contributed by atoms with E-state index < -0.39 is 0 Å². The largest absolute Gasteiger partial charge is 0.494 e. The zero-order valence-electron chi connectivity index (χ0n) is 16.7. The van der Waals surface area contributed by atoms with Crippen LogP contribution in [-0.4, -0.2) is 36.1 Å². The van der Waals surface area contributed by atoms with E-state index in [0.717, 1.165) is 5.69 Å². The Labute approximate surface area is 180 Å². The molecule has 3 aromatic rings. The number of para-hydroxylation sites is 1. The maximum Gasteiger partial charge on any atom is 0.229 e. The Morgan fingerprint density at radius 3 is 2.63 bits per heavy atom. The number of rotatable bonds is 8. The summed E-state index contributed by atoms with van der Waals surface area (Å²) < 4.78 is 5.49. The molecule has 0 radical (unpaired) electrons.